The van der Waals surface area contributed by atoms with Crippen molar-refractivity contribution in [3.05, 3.63) is 106 Å². The maximum absolute atomic E-state index is 13.9. The monoisotopic (exact) mass is 760 g/mol. The Bertz CT molecular complexity index is 1900. The van der Waals surface area contributed by atoms with Crippen molar-refractivity contribution >= 4 is 23.1 Å². The molecule has 2 saturated heterocycles. The van der Waals surface area contributed by atoms with Crippen molar-refractivity contribution in [2.24, 2.45) is 5.41 Å². The lowest BCUT2D eigenvalue weighted by Gasteiger charge is -2.47. The second-order valence-electron chi connectivity index (χ2n) is 14.9. The van der Waals surface area contributed by atoms with E-state index in [1.54, 1.807) is 29.3 Å². The fraction of sp³-hybridized carbons (Fsp3) is 0.452. The zero-order valence-electron chi connectivity index (χ0n) is 30.8. The molecule has 2 aromatic carbocycles. The van der Waals surface area contributed by atoms with E-state index in [2.05, 4.69) is 43.1 Å². The Balaban J connectivity index is 1.27. The lowest BCUT2D eigenvalue weighted by atomic mass is 9.65. The summed E-state index contributed by atoms with van der Waals surface area (Å²) in [6.45, 7) is 6.27. The predicted molar refractivity (Wildman–Crippen MR) is 203 cm³/mol. The van der Waals surface area contributed by atoms with E-state index in [9.17, 15) is 23.9 Å². The first-order valence-electron chi connectivity index (χ1n) is 18.5. The van der Waals surface area contributed by atoms with Crippen LogP contribution in [-0.2, 0) is 22.7 Å². The number of aliphatic carboxylic acids is 1. The Morgan fingerprint density at radius 2 is 1.91 bits per heavy atom. The van der Waals surface area contributed by atoms with Crippen LogP contribution in [0.25, 0.3) is 5.57 Å². The number of benzene rings is 2. The van der Waals surface area contributed by atoms with Crippen LogP contribution in [0.1, 0.15) is 68.2 Å². The van der Waals surface area contributed by atoms with Crippen LogP contribution >= 0.6 is 11.6 Å². The highest BCUT2D eigenvalue weighted by Crippen LogP contribution is 2.49. The van der Waals surface area contributed by atoms with Gasteiger partial charge in [0.25, 0.3) is 5.92 Å². The normalized spacial score (nSPS) is 22.4. The minimum absolute atomic E-state index is 0.0717. The van der Waals surface area contributed by atoms with Gasteiger partial charge in [-0.25, -0.2) is 8.78 Å². The van der Waals surface area contributed by atoms with Crippen molar-refractivity contribution in [1.29, 1.82) is 5.26 Å². The van der Waals surface area contributed by atoms with Crippen LogP contribution in [0, 0.1) is 16.7 Å². The predicted octanol–water partition coefficient (Wildman–Crippen LogP) is 8.17. The van der Waals surface area contributed by atoms with E-state index in [-0.39, 0.29) is 26.2 Å². The molecule has 1 unspecified atom stereocenters. The van der Waals surface area contributed by atoms with Gasteiger partial charge in [-0.15, -0.1) is 0 Å². The van der Waals surface area contributed by atoms with E-state index in [0.717, 1.165) is 24.0 Å². The van der Waals surface area contributed by atoms with E-state index in [4.69, 9.17) is 25.8 Å². The molecule has 12 heteroatoms. The number of nitriles is 1. The Morgan fingerprint density at radius 1 is 1.09 bits per heavy atom. The minimum atomic E-state index is -2.65. The topological polar surface area (TPSA) is 108 Å². The van der Waals surface area contributed by atoms with Crippen molar-refractivity contribution in [1.82, 2.24) is 14.8 Å². The van der Waals surface area contributed by atoms with Crippen LogP contribution < -0.4 is 9.47 Å². The van der Waals surface area contributed by atoms with Gasteiger partial charge in [0, 0.05) is 67.7 Å². The molecular formula is C42H47ClF2N4O5. The molecule has 1 N–H and O–H groups in total. The van der Waals surface area contributed by atoms with Gasteiger partial charge < -0.3 is 19.3 Å². The fourth-order valence-electron chi connectivity index (χ4n) is 7.66. The van der Waals surface area contributed by atoms with Crippen LogP contribution in [0.2, 0.25) is 5.02 Å². The molecule has 0 spiro atoms. The van der Waals surface area contributed by atoms with Gasteiger partial charge in [0.15, 0.2) is 0 Å². The average Bonchev–Trinajstić information content (AvgIpc) is 3.51. The standard InChI is InChI=1S/C42H47ClF2N4O5/c1-40(2)34(32-10-4-3-5-11-32)12-8-14-41(40,54-19-9-16-48-18-15-42(44,45)28-48)29-53-38-22-37(52-27-31-20-30(23-46)24-47-25-31)33(21-35(38)43)26-49-17-7-6-13-36(49)39(50)51/h3-5,8,10-12,14,20-22,24-25,36H,6-7,9,13,15-19,26-29H2,1-2H3,(H,50,51)/t36-,41?/m0/s1. The molecule has 286 valence electrons. The molecule has 0 saturated carbocycles. The Kier molecular flexibility index (Phi) is 12.4. The summed E-state index contributed by atoms with van der Waals surface area (Å²) >= 11 is 6.96. The van der Waals surface area contributed by atoms with Gasteiger partial charge in [0.1, 0.15) is 42.4 Å². The molecule has 3 aromatic rings. The van der Waals surface area contributed by atoms with Crippen LogP contribution in [0.5, 0.6) is 11.5 Å². The number of pyridine rings is 1. The molecule has 54 heavy (non-hydrogen) atoms. The van der Waals surface area contributed by atoms with E-state index in [0.29, 0.717) is 78.8 Å². The highest BCUT2D eigenvalue weighted by Gasteiger charge is 2.49. The number of carboxylic acids is 1. The first kappa shape index (κ1) is 39.4. The number of hydrogen-bond donors (Lipinski definition) is 1. The number of aromatic nitrogens is 1. The number of allylic oxidation sites excluding steroid dienone is 2. The molecule has 0 amide bonds. The Hall–Kier alpha value is -4.34. The lowest BCUT2D eigenvalue weighted by Crippen LogP contribution is -2.52. The van der Waals surface area contributed by atoms with Crippen LogP contribution in [0.3, 0.4) is 0 Å². The zero-order valence-corrected chi connectivity index (χ0v) is 31.5. The van der Waals surface area contributed by atoms with Crippen molar-refractivity contribution < 1.29 is 32.9 Å². The smallest absolute Gasteiger partial charge is 0.320 e. The summed E-state index contributed by atoms with van der Waals surface area (Å²) in [6, 6.07) is 16.8. The third kappa shape index (κ3) is 9.12. The summed E-state index contributed by atoms with van der Waals surface area (Å²) in [5.74, 6) is -2.69. The minimum Gasteiger partial charge on any atom is -0.488 e. The van der Waals surface area contributed by atoms with Crippen molar-refractivity contribution in [3.63, 3.8) is 0 Å². The first-order valence-corrected chi connectivity index (χ1v) is 18.9. The number of hydrogen-bond acceptors (Lipinski definition) is 8. The lowest BCUT2D eigenvalue weighted by molar-refractivity contribution is -0.144. The van der Waals surface area contributed by atoms with E-state index >= 15 is 0 Å². The van der Waals surface area contributed by atoms with Gasteiger partial charge in [0.2, 0.25) is 0 Å². The summed E-state index contributed by atoms with van der Waals surface area (Å²) in [4.78, 5) is 20.0. The summed E-state index contributed by atoms with van der Waals surface area (Å²) in [5.41, 5.74) is 2.33. The third-order valence-corrected chi connectivity index (χ3v) is 11.1. The first-order chi connectivity index (χ1) is 25.9. The summed E-state index contributed by atoms with van der Waals surface area (Å²) in [5, 5.41) is 19.7. The number of alkyl halides is 2. The largest absolute Gasteiger partial charge is 0.488 e. The molecule has 0 radical (unpaired) electrons. The molecular weight excluding hydrogens is 714 g/mol. The third-order valence-electron chi connectivity index (χ3n) is 10.8. The maximum atomic E-state index is 13.9. The molecule has 1 aliphatic carbocycles. The number of nitrogens with zero attached hydrogens (tertiary/aromatic N) is 4. The maximum Gasteiger partial charge on any atom is 0.320 e. The van der Waals surface area contributed by atoms with Gasteiger partial charge in [-0.1, -0.05) is 74.4 Å². The molecule has 3 heterocycles. The number of likely N-dealkylation sites (tertiary alicyclic amines) is 2. The molecule has 3 aliphatic rings. The van der Waals surface area contributed by atoms with Gasteiger partial charge in [-0.2, -0.15) is 5.26 Å². The zero-order chi connectivity index (χ0) is 38.3. The van der Waals surface area contributed by atoms with Crippen LogP contribution in [-0.4, -0.2) is 82.8 Å². The van der Waals surface area contributed by atoms with Gasteiger partial charge >= 0.3 is 5.97 Å². The number of carboxylic acid groups (broad SMARTS) is 1. The summed E-state index contributed by atoms with van der Waals surface area (Å²) in [7, 11) is 0. The molecule has 2 atom stereocenters. The highest BCUT2D eigenvalue weighted by molar-refractivity contribution is 6.32. The quantitative estimate of drug-likeness (QED) is 0.154. The summed E-state index contributed by atoms with van der Waals surface area (Å²) in [6.07, 6.45) is 11.9. The van der Waals surface area contributed by atoms with Crippen LogP contribution in [0.15, 0.2) is 79.2 Å². The number of piperidine rings is 1. The second-order valence-corrected chi connectivity index (χ2v) is 15.3. The van der Waals surface area contributed by atoms with E-state index in [1.165, 1.54) is 6.20 Å². The second kappa shape index (κ2) is 17.0. The van der Waals surface area contributed by atoms with Gasteiger partial charge in [0.05, 0.1) is 17.1 Å². The SMILES string of the molecule is CC1(C)C(c2ccccc2)=CC=CC1(COc1cc(OCc2cncc(C#N)c2)c(CN2CCCC[C@H]2C(=O)O)cc1Cl)OCCCN1CCC(F)(F)C1. The van der Waals surface area contributed by atoms with Crippen molar-refractivity contribution in [3.8, 4) is 17.6 Å². The Labute approximate surface area is 320 Å². The molecule has 0 bridgehead atoms. The van der Waals surface area contributed by atoms with Crippen molar-refractivity contribution in [2.75, 3.05) is 39.4 Å². The van der Waals surface area contributed by atoms with E-state index < -0.39 is 28.9 Å². The molecule has 2 fully saturated rings. The van der Waals surface area contributed by atoms with Crippen molar-refractivity contribution in [2.45, 2.75) is 76.7 Å². The number of rotatable bonds is 15. The summed E-state index contributed by atoms with van der Waals surface area (Å²) < 4.78 is 47.5. The Morgan fingerprint density at radius 3 is 2.65 bits per heavy atom. The number of carbonyl (C=O) groups is 1. The van der Waals surface area contributed by atoms with Gasteiger partial charge in [-0.05, 0) is 55.2 Å². The molecule has 9 nitrogen and oxygen atoms in total. The fourth-order valence-corrected chi connectivity index (χ4v) is 7.90. The highest BCUT2D eigenvalue weighted by atomic mass is 35.5. The molecule has 6 rings (SSSR count). The van der Waals surface area contributed by atoms with Crippen LogP contribution in [0.4, 0.5) is 8.78 Å². The average molecular weight is 761 g/mol. The number of halogens is 3. The van der Waals surface area contributed by atoms with E-state index in [1.807, 2.05) is 35.3 Å². The molecule has 1 aromatic heterocycles. The van der Waals surface area contributed by atoms with Gasteiger partial charge in [-0.3, -0.25) is 19.6 Å². The number of ether oxygens (including phenoxy) is 3. The molecule has 2 aliphatic heterocycles.